The maximum atomic E-state index is 12.1. The molecule has 1 rings (SSSR count). The summed E-state index contributed by atoms with van der Waals surface area (Å²) in [5, 5.41) is 0. The third-order valence-corrected chi connectivity index (χ3v) is 1.36. The molecule has 11 heavy (non-hydrogen) atoms. The Labute approximate surface area is 58.4 Å². The molecular weight excluding hydrogens is 171 g/mol. The first kappa shape index (κ1) is 8.29. The van der Waals surface area contributed by atoms with Crippen LogP contribution in [0, 0.1) is 0 Å². The van der Waals surface area contributed by atoms with E-state index in [0.29, 0.717) is 7.11 Å². The molecule has 0 fully saturated rings. The van der Waals surface area contributed by atoms with E-state index in [9.17, 15) is 22.0 Å². The van der Waals surface area contributed by atoms with E-state index in [1.165, 1.54) is 0 Å². The highest BCUT2D eigenvalue weighted by Gasteiger charge is 2.74. The number of halogens is 5. The molecule has 0 spiro atoms. The molecule has 0 amide bonds. The van der Waals surface area contributed by atoms with Gasteiger partial charge in [-0.3, -0.25) is 0 Å². The van der Waals surface area contributed by atoms with Crippen molar-refractivity contribution in [1.29, 1.82) is 0 Å². The van der Waals surface area contributed by atoms with Crippen molar-refractivity contribution < 1.29 is 26.7 Å². The lowest BCUT2D eigenvalue weighted by Gasteiger charge is -2.34. The van der Waals surface area contributed by atoms with Gasteiger partial charge < -0.3 is 4.74 Å². The molecule has 0 radical (unpaired) electrons. The highest BCUT2D eigenvalue weighted by atomic mass is 19.3. The molecule has 6 heteroatoms. The van der Waals surface area contributed by atoms with Gasteiger partial charge in [0.25, 0.3) is 0 Å². The minimum atomic E-state index is -4.70. The molecule has 1 aliphatic carbocycles. The van der Waals surface area contributed by atoms with Gasteiger partial charge in [0.05, 0.1) is 7.11 Å². The molecule has 1 aliphatic rings. The summed E-state index contributed by atoms with van der Waals surface area (Å²) in [7, 11) is 0.706. The minimum absolute atomic E-state index is 0.706. The fourth-order valence-corrected chi connectivity index (χ4v) is 0.716. The van der Waals surface area contributed by atoms with E-state index in [2.05, 4.69) is 4.74 Å². The molecule has 0 N–H and O–H groups in total. The zero-order valence-electron chi connectivity index (χ0n) is 5.30. The summed E-state index contributed by atoms with van der Waals surface area (Å²) >= 11 is 0. The predicted molar refractivity (Wildman–Crippen MR) is 25.0 cm³/mol. The molecule has 0 saturated heterocycles. The van der Waals surface area contributed by atoms with Crippen LogP contribution in [0.3, 0.4) is 0 Å². The summed E-state index contributed by atoms with van der Waals surface area (Å²) in [6.07, 6.45) is 0. The molecule has 0 unspecified atom stereocenters. The maximum absolute atomic E-state index is 12.1. The smallest absolute Gasteiger partial charge is 0.375 e. The fraction of sp³-hybridized carbons (Fsp3) is 0.600. The number of ether oxygens (including phenoxy) is 1. The monoisotopic (exact) mass is 174 g/mol. The van der Waals surface area contributed by atoms with E-state index in [4.69, 9.17) is 0 Å². The van der Waals surface area contributed by atoms with Gasteiger partial charge in [0, 0.05) is 0 Å². The van der Waals surface area contributed by atoms with Gasteiger partial charge in [0.2, 0.25) is 11.6 Å². The van der Waals surface area contributed by atoms with Crippen molar-refractivity contribution in [3.05, 3.63) is 11.6 Å². The Balaban J connectivity index is 3.07. The molecule has 0 aromatic carbocycles. The number of allylic oxidation sites excluding steroid dienone is 2. The largest absolute Gasteiger partial charge is 0.492 e. The first-order valence-electron chi connectivity index (χ1n) is 2.56. The Kier molecular flexibility index (Phi) is 1.40. The van der Waals surface area contributed by atoms with Crippen molar-refractivity contribution in [3.63, 3.8) is 0 Å². The van der Waals surface area contributed by atoms with Crippen LogP contribution >= 0.6 is 0 Å². The van der Waals surface area contributed by atoms with Gasteiger partial charge in [-0.25, -0.2) is 4.39 Å². The van der Waals surface area contributed by atoms with E-state index in [0.717, 1.165) is 0 Å². The number of hydrogen-bond acceptors (Lipinski definition) is 1. The molecule has 0 atom stereocenters. The molecule has 0 saturated carbocycles. The van der Waals surface area contributed by atoms with E-state index in [-0.39, 0.29) is 0 Å². The first-order valence-corrected chi connectivity index (χ1v) is 2.56. The fourth-order valence-electron chi connectivity index (χ4n) is 0.716. The zero-order valence-corrected chi connectivity index (χ0v) is 5.30. The van der Waals surface area contributed by atoms with Gasteiger partial charge in [-0.2, -0.15) is 17.6 Å². The van der Waals surface area contributed by atoms with E-state index in [1.807, 2.05) is 0 Å². The minimum Gasteiger partial charge on any atom is -0.492 e. The van der Waals surface area contributed by atoms with Crippen molar-refractivity contribution in [3.8, 4) is 0 Å². The number of rotatable bonds is 1. The molecule has 0 aromatic rings. The lowest BCUT2D eigenvalue weighted by Crippen LogP contribution is -2.52. The topological polar surface area (TPSA) is 9.23 Å². The molecule has 0 heterocycles. The van der Waals surface area contributed by atoms with Crippen molar-refractivity contribution in [2.45, 2.75) is 11.8 Å². The van der Waals surface area contributed by atoms with Crippen molar-refractivity contribution in [2.24, 2.45) is 0 Å². The lowest BCUT2D eigenvalue weighted by molar-refractivity contribution is -0.229. The number of methoxy groups -OCH3 is 1. The standard InChI is InChI=1S/C5H3F5O/c1-11-3-2(6)4(7,8)5(3,9)10/h1H3. The molecule has 64 valence electrons. The van der Waals surface area contributed by atoms with E-state index in [1.54, 1.807) is 0 Å². The second-order valence-electron chi connectivity index (χ2n) is 2.00. The second kappa shape index (κ2) is 1.86. The van der Waals surface area contributed by atoms with Crippen LogP contribution < -0.4 is 0 Å². The normalized spacial score (nSPS) is 26.4. The Morgan fingerprint density at radius 2 is 1.55 bits per heavy atom. The van der Waals surface area contributed by atoms with Gasteiger partial charge in [-0.1, -0.05) is 0 Å². The summed E-state index contributed by atoms with van der Waals surface area (Å²) in [4.78, 5) is 0. The molecule has 0 aliphatic heterocycles. The Morgan fingerprint density at radius 3 is 1.73 bits per heavy atom. The molecule has 0 bridgehead atoms. The maximum Gasteiger partial charge on any atom is 0.375 e. The van der Waals surface area contributed by atoms with Gasteiger partial charge in [0.1, 0.15) is 0 Å². The Bertz CT molecular complexity index is 219. The summed E-state index contributed by atoms with van der Waals surface area (Å²) in [6, 6.07) is 0. The van der Waals surface area contributed by atoms with Crippen molar-refractivity contribution >= 4 is 0 Å². The van der Waals surface area contributed by atoms with Crippen LogP contribution in [0.4, 0.5) is 22.0 Å². The van der Waals surface area contributed by atoms with Crippen LogP contribution in [0.5, 0.6) is 0 Å². The third-order valence-electron chi connectivity index (χ3n) is 1.36. The zero-order chi connectivity index (χ0) is 8.86. The van der Waals surface area contributed by atoms with Gasteiger partial charge >= 0.3 is 11.8 Å². The summed E-state index contributed by atoms with van der Waals surface area (Å²) < 4.78 is 63.6. The van der Waals surface area contributed by atoms with E-state index < -0.39 is 23.4 Å². The van der Waals surface area contributed by atoms with Gasteiger partial charge in [0.15, 0.2) is 0 Å². The first-order chi connectivity index (χ1) is 4.85. The highest BCUT2D eigenvalue weighted by Crippen LogP contribution is 2.55. The van der Waals surface area contributed by atoms with Crippen LogP contribution in [0.2, 0.25) is 0 Å². The number of alkyl halides is 4. The average molecular weight is 174 g/mol. The van der Waals surface area contributed by atoms with Crippen molar-refractivity contribution in [2.75, 3.05) is 7.11 Å². The molecule has 0 aromatic heterocycles. The SMILES string of the molecule is COC1=C(F)C(F)(F)C1(F)F. The lowest BCUT2D eigenvalue weighted by atomic mass is 9.96. The van der Waals surface area contributed by atoms with Crippen LogP contribution in [-0.4, -0.2) is 19.0 Å². The van der Waals surface area contributed by atoms with Gasteiger partial charge in [-0.15, -0.1) is 0 Å². The Morgan fingerprint density at radius 1 is 1.09 bits per heavy atom. The Hall–Kier alpha value is -0.810. The van der Waals surface area contributed by atoms with Gasteiger partial charge in [-0.05, 0) is 0 Å². The van der Waals surface area contributed by atoms with E-state index >= 15 is 0 Å². The van der Waals surface area contributed by atoms with Crippen molar-refractivity contribution in [1.82, 2.24) is 0 Å². The van der Waals surface area contributed by atoms with Crippen LogP contribution in [0.25, 0.3) is 0 Å². The summed E-state index contributed by atoms with van der Waals surface area (Å²) in [6.45, 7) is 0. The molecular formula is C5H3F5O. The van der Waals surface area contributed by atoms with Crippen LogP contribution in [0.1, 0.15) is 0 Å². The van der Waals surface area contributed by atoms with Crippen LogP contribution in [0.15, 0.2) is 11.6 Å². The number of hydrogen-bond donors (Lipinski definition) is 0. The second-order valence-corrected chi connectivity index (χ2v) is 2.00. The summed E-state index contributed by atoms with van der Waals surface area (Å²) in [5.41, 5.74) is 0. The molecule has 1 nitrogen and oxygen atoms in total. The third kappa shape index (κ3) is 0.693. The highest BCUT2D eigenvalue weighted by molar-refractivity contribution is 5.35. The van der Waals surface area contributed by atoms with Crippen LogP contribution in [-0.2, 0) is 4.74 Å². The quantitative estimate of drug-likeness (QED) is 0.553. The average Bonchev–Trinajstić information content (AvgIpc) is 1.88. The predicted octanol–water partition coefficient (Wildman–Crippen LogP) is 2.10. The summed E-state index contributed by atoms with van der Waals surface area (Å²) in [5.74, 6) is -13.0.